The second kappa shape index (κ2) is 12.6. The zero-order chi connectivity index (χ0) is 17.8. The van der Waals surface area contributed by atoms with Crippen molar-refractivity contribution in [2.75, 3.05) is 13.2 Å². The standard InChI is InChI=1S/C18H34O6/c1-2-3-4-5-6-7-8-9-10-11-12-23-13-14-15(19)16(20)17(21)18(22)24-14/h14-17,19-21H,2-13H2,1H3/t14-,15-,16+,17-/m1/s1. The quantitative estimate of drug-likeness (QED) is 0.348. The zero-order valence-corrected chi connectivity index (χ0v) is 14.9. The third-order valence-electron chi connectivity index (χ3n) is 4.49. The molecule has 0 radical (unpaired) electrons. The summed E-state index contributed by atoms with van der Waals surface area (Å²) < 4.78 is 10.3. The molecule has 1 aliphatic heterocycles. The number of esters is 1. The molecule has 1 saturated heterocycles. The Morgan fingerprint density at radius 2 is 1.42 bits per heavy atom. The van der Waals surface area contributed by atoms with E-state index in [0.717, 1.165) is 12.8 Å². The number of carbonyl (C=O) groups is 1. The molecular formula is C18H34O6. The fraction of sp³-hybridized carbons (Fsp3) is 0.944. The van der Waals surface area contributed by atoms with Gasteiger partial charge in [-0.2, -0.15) is 0 Å². The SMILES string of the molecule is CCCCCCCCCCCCOC[C@H]1OC(=O)[C@H](O)[C@@H](O)[C@@H]1O. The number of aliphatic hydroxyl groups is 3. The maximum Gasteiger partial charge on any atom is 0.338 e. The van der Waals surface area contributed by atoms with E-state index in [1.807, 2.05) is 0 Å². The first-order valence-electron chi connectivity index (χ1n) is 9.40. The van der Waals surface area contributed by atoms with Gasteiger partial charge in [-0.15, -0.1) is 0 Å². The van der Waals surface area contributed by atoms with Crippen LogP contribution in [0, 0.1) is 0 Å². The summed E-state index contributed by atoms with van der Waals surface area (Å²) in [5.41, 5.74) is 0. The second-order valence-corrected chi connectivity index (χ2v) is 6.66. The Morgan fingerprint density at radius 3 is 2.00 bits per heavy atom. The van der Waals surface area contributed by atoms with Gasteiger partial charge in [-0.1, -0.05) is 64.7 Å². The fourth-order valence-electron chi connectivity index (χ4n) is 2.86. The predicted molar refractivity (Wildman–Crippen MR) is 90.6 cm³/mol. The lowest BCUT2D eigenvalue weighted by atomic mass is 10.0. The molecule has 1 heterocycles. The highest BCUT2D eigenvalue weighted by Gasteiger charge is 2.43. The van der Waals surface area contributed by atoms with Gasteiger partial charge in [0.2, 0.25) is 0 Å². The molecule has 0 aromatic heterocycles. The molecule has 0 bridgehead atoms. The summed E-state index contributed by atoms with van der Waals surface area (Å²) >= 11 is 0. The van der Waals surface area contributed by atoms with Crippen LogP contribution in [0.25, 0.3) is 0 Å². The minimum atomic E-state index is -1.68. The molecule has 142 valence electrons. The van der Waals surface area contributed by atoms with E-state index in [1.54, 1.807) is 0 Å². The van der Waals surface area contributed by atoms with E-state index in [0.29, 0.717) is 6.61 Å². The molecule has 1 fully saturated rings. The lowest BCUT2D eigenvalue weighted by Crippen LogP contribution is -2.56. The molecule has 0 aromatic carbocycles. The molecule has 3 N–H and O–H groups in total. The summed E-state index contributed by atoms with van der Waals surface area (Å²) in [4.78, 5) is 11.3. The third kappa shape index (κ3) is 7.92. The number of cyclic esters (lactones) is 1. The number of hydrogen-bond acceptors (Lipinski definition) is 6. The van der Waals surface area contributed by atoms with Crippen molar-refractivity contribution in [3.63, 3.8) is 0 Å². The molecule has 6 nitrogen and oxygen atoms in total. The van der Waals surface area contributed by atoms with Crippen LogP contribution in [0.15, 0.2) is 0 Å². The van der Waals surface area contributed by atoms with E-state index in [4.69, 9.17) is 9.47 Å². The van der Waals surface area contributed by atoms with Crippen molar-refractivity contribution in [2.24, 2.45) is 0 Å². The average molecular weight is 346 g/mol. The van der Waals surface area contributed by atoms with Crippen LogP contribution in [-0.4, -0.2) is 58.9 Å². The molecule has 4 atom stereocenters. The Balaban J connectivity index is 1.94. The summed E-state index contributed by atoms with van der Waals surface area (Å²) in [7, 11) is 0. The summed E-state index contributed by atoms with van der Waals surface area (Å²) in [6, 6.07) is 0. The van der Waals surface area contributed by atoms with Crippen molar-refractivity contribution in [1.29, 1.82) is 0 Å². The van der Waals surface area contributed by atoms with Gasteiger partial charge in [0.05, 0.1) is 6.61 Å². The molecule has 0 amide bonds. The maximum atomic E-state index is 11.3. The maximum absolute atomic E-state index is 11.3. The van der Waals surface area contributed by atoms with E-state index in [1.165, 1.54) is 51.4 Å². The van der Waals surface area contributed by atoms with Crippen LogP contribution in [-0.2, 0) is 14.3 Å². The van der Waals surface area contributed by atoms with Crippen LogP contribution in [0.2, 0.25) is 0 Å². The summed E-state index contributed by atoms with van der Waals surface area (Å²) in [5.74, 6) is -0.916. The van der Waals surface area contributed by atoms with E-state index < -0.39 is 30.4 Å². The minimum Gasteiger partial charge on any atom is -0.455 e. The molecule has 1 aliphatic rings. The van der Waals surface area contributed by atoms with Crippen LogP contribution in [0.1, 0.15) is 71.1 Å². The first kappa shape index (κ1) is 21.4. The summed E-state index contributed by atoms with van der Waals surface area (Å²) in [6.07, 6.45) is 7.02. The van der Waals surface area contributed by atoms with Crippen molar-refractivity contribution in [3.8, 4) is 0 Å². The molecule has 0 saturated carbocycles. The minimum absolute atomic E-state index is 0.0358. The van der Waals surface area contributed by atoms with Gasteiger partial charge in [0.25, 0.3) is 0 Å². The van der Waals surface area contributed by atoms with Crippen LogP contribution in [0.3, 0.4) is 0 Å². The number of unbranched alkanes of at least 4 members (excludes halogenated alkanes) is 9. The Kier molecular flexibility index (Phi) is 11.2. The van der Waals surface area contributed by atoms with Crippen molar-refractivity contribution >= 4 is 5.97 Å². The van der Waals surface area contributed by atoms with Gasteiger partial charge in [0.1, 0.15) is 12.2 Å². The lowest BCUT2D eigenvalue weighted by Gasteiger charge is -2.33. The van der Waals surface area contributed by atoms with E-state index in [2.05, 4.69) is 6.92 Å². The lowest BCUT2D eigenvalue weighted by molar-refractivity contribution is -0.208. The van der Waals surface area contributed by atoms with Crippen molar-refractivity contribution in [1.82, 2.24) is 0 Å². The van der Waals surface area contributed by atoms with Gasteiger partial charge in [-0.25, -0.2) is 4.79 Å². The van der Waals surface area contributed by atoms with E-state index >= 15 is 0 Å². The highest BCUT2D eigenvalue weighted by atomic mass is 16.6. The van der Waals surface area contributed by atoms with Crippen LogP contribution >= 0.6 is 0 Å². The van der Waals surface area contributed by atoms with Crippen LogP contribution in [0.5, 0.6) is 0 Å². The Morgan fingerprint density at radius 1 is 0.875 bits per heavy atom. The smallest absolute Gasteiger partial charge is 0.338 e. The zero-order valence-electron chi connectivity index (χ0n) is 14.9. The Labute approximate surface area is 145 Å². The molecule has 1 rings (SSSR count). The highest BCUT2D eigenvalue weighted by Crippen LogP contribution is 2.17. The number of carbonyl (C=O) groups excluding carboxylic acids is 1. The fourth-order valence-corrected chi connectivity index (χ4v) is 2.86. The number of aliphatic hydroxyl groups excluding tert-OH is 3. The molecule has 0 aromatic rings. The van der Waals surface area contributed by atoms with Gasteiger partial charge in [-0.05, 0) is 6.42 Å². The molecule has 0 spiro atoms. The molecule has 24 heavy (non-hydrogen) atoms. The van der Waals surface area contributed by atoms with Crippen molar-refractivity contribution in [3.05, 3.63) is 0 Å². The normalized spacial score (nSPS) is 27.2. The molecule has 0 aliphatic carbocycles. The largest absolute Gasteiger partial charge is 0.455 e. The van der Waals surface area contributed by atoms with Gasteiger partial charge in [0, 0.05) is 6.61 Å². The van der Waals surface area contributed by atoms with Gasteiger partial charge >= 0.3 is 5.97 Å². The number of rotatable bonds is 13. The number of ether oxygens (including phenoxy) is 2. The predicted octanol–water partition coefficient (Wildman–Crippen LogP) is 1.93. The van der Waals surface area contributed by atoms with Gasteiger partial charge in [-0.3, -0.25) is 0 Å². The topological polar surface area (TPSA) is 96.2 Å². The Bertz CT molecular complexity index is 335. The van der Waals surface area contributed by atoms with E-state index in [9.17, 15) is 20.1 Å². The second-order valence-electron chi connectivity index (χ2n) is 6.66. The molecule has 6 heteroatoms. The first-order valence-corrected chi connectivity index (χ1v) is 9.40. The molecular weight excluding hydrogens is 312 g/mol. The Hall–Kier alpha value is -0.690. The highest BCUT2D eigenvalue weighted by molar-refractivity contribution is 5.76. The van der Waals surface area contributed by atoms with Crippen molar-refractivity contribution < 1.29 is 29.6 Å². The van der Waals surface area contributed by atoms with E-state index in [-0.39, 0.29) is 6.61 Å². The number of hydrogen-bond donors (Lipinski definition) is 3. The summed E-state index contributed by atoms with van der Waals surface area (Å²) in [6.45, 7) is 2.80. The van der Waals surface area contributed by atoms with Gasteiger partial charge in [0.15, 0.2) is 12.2 Å². The molecule has 0 unspecified atom stereocenters. The van der Waals surface area contributed by atoms with Crippen LogP contribution in [0.4, 0.5) is 0 Å². The van der Waals surface area contributed by atoms with Crippen molar-refractivity contribution in [2.45, 2.75) is 95.5 Å². The summed E-state index contributed by atoms with van der Waals surface area (Å²) in [5, 5.41) is 28.5. The third-order valence-corrected chi connectivity index (χ3v) is 4.49. The monoisotopic (exact) mass is 346 g/mol. The first-order chi connectivity index (χ1) is 11.6. The van der Waals surface area contributed by atoms with Crippen LogP contribution < -0.4 is 0 Å². The average Bonchev–Trinajstić information content (AvgIpc) is 2.58. The van der Waals surface area contributed by atoms with Gasteiger partial charge < -0.3 is 24.8 Å².